The number of carbonyl (C=O) groups is 1. The summed E-state index contributed by atoms with van der Waals surface area (Å²) in [7, 11) is 3.14. The van der Waals surface area contributed by atoms with Gasteiger partial charge in [-0.3, -0.25) is 0 Å². The lowest BCUT2D eigenvalue weighted by atomic mass is 10.1. The second kappa shape index (κ2) is 3.13. The van der Waals surface area contributed by atoms with Gasteiger partial charge in [0.2, 0.25) is 0 Å². The van der Waals surface area contributed by atoms with Crippen molar-refractivity contribution in [3.63, 3.8) is 0 Å². The molecule has 0 unspecified atom stereocenters. The molecule has 0 bridgehead atoms. The molecule has 0 atom stereocenters. The zero-order chi connectivity index (χ0) is 11.1. The summed E-state index contributed by atoms with van der Waals surface area (Å²) in [5.74, 6) is -0.363. The number of nitriles is 1. The molecule has 0 aliphatic heterocycles. The smallest absolute Gasteiger partial charge is 0.354 e. The van der Waals surface area contributed by atoms with E-state index >= 15 is 0 Å². The van der Waals surface area contributed by atoms with Crippen LogP contribution in [0.25, 0.3) is 0 Å². The van der Waals surface area contributed by atoms with Gasteiger partial charge in [-0.1, -0.05) is 0 Å². The van der Waals surface area contributed by atoms with E-state index in [1.165, 1.54) is 7.11 Å². The first-order valence-corrected chi connectivity index (χ1v) is 4.80. The van der Waals surface area contributed by atoms with Crippen molar-refractivity contribution in [2.75, 3.05) is 7.11 Å². The number of hydrogen-bond donors (Lipinski definition) is 0. The van der Waals surface area contributed by atoms with E-state index in [-0.39, 0.29) is 11.4 Å². The zero-order valence-corrected chi connectivity index (χ0v) is 8.78. The van der Waals surface area contributed by atoms with Crippen LogP contribution in [0.3, 0.4) is 0 Å². The minimum Gasteiger partial charge on any atom is -0.464 e. The van der Waals surface area contributed by atoms with E-state index in [2.05, 4.69) is 10.8 Å². The maximum Gasteiger partial charge on any atom is 0.354 e. The Morgan fingerprint density at radius 3 is 2.73 bits per heavy atom. The highest BCUT2D eigenvalue weighted by molar-refractivity contribution is 5.88. The Hall–Kier alpha value is -1.76. The lowest BCUT2D eigenvalue weighted by Crippen LogP contribution is -2.14. The third kappa shape index (κ3) is 1.32. The van der Waals surface area contributed by atoms with E-state index in [1.807, 2.05) is 6.07 Å². The van der Waals surface area contributed by atoms with Gasteiger partial charge in [-0.2, -0.15) is 5.26 Å². The van der Waals surface area contributed by atoms with Crippen molar-refractivity contribution < 1.29 is 9.53 Å². The number of methoxy groups -OCH3 is 1. The average molecular weight is 204 g/mol. The average Bonchev–Trinajstić information content (AvgIpc) is 2.96. The Morgan fingerprint density at radius 1 is 1.60 bits per heavy atom. The molecule has 0 spiro atoms. The van der Waals surface area contributed by atoms with Crippen molar-refractivity contribution in [2.45, 2.75) is 18.3 Å². The number of aromatic nitrogens is 1. The molecule has 1 fully saturated rings. The first-order valence-electron chi connectivity index (χ1n) is 4.80. The molecule has 4 heteroatoms. The molecule has 15 heavy (non-hydrogen) atoms. The van der Waals surface area contributed by atoms with Gasteiger partial charge < -0.3 is 9.30 Å². The summed E-state index contributed by atoms with van der Waals surface area (Å²) in [4.78, 5) is 11.4. The summed E-state index contributed by atoms with van der Waals surface area (Å²) < 4.78 is 6.41. The Bertz CT molecular complexity index is 450. The van der Waals surface area contributed by atoms with Gasteiger partial charge in [0.25, 0.3) is 0 Å². The second-order valence-corrected chi connectivity index (χ2v) is 3.85. The number of rotatable bonds is 2. The summed E-state index contributed by atoms with van der Waals surface area (Å²) >= 11 is 0. The largest absolute Gasteiger partial charge is 0.464 e. The highest BCUT2D eigenvalue weighted by Gasteiger charge is 2.47. The first kappa shape index (κ1) is 9.78. The van der Waals surface area contributed by atoms with Crippen LogP contribution in [0.5, 0.6) is 0 Å². The molecule has 1 heterocycles. The molecule has 1 aliphatic carbocycles. The van der Waals surface area contributed by atoms with Crippen LogP contribution in [0.1, 0.15) is 29.0 Å². The lowest BCUT2D eigenvalue weighted by molar-refractivity contribution is 0.0589. The summed E-state index contributed by atoms with van der Waals surface area (Å²) in [6, 6.07) is 5.85. The Kier molecular flexibility index (Phi) is 2.04. The van der Waals surface area contributed by atoms with Crippen molar-refractivity contribution in [1.29, 1.82) is 5.26 Å². The number of esters is 1. The molecule has 0 N–H and O–H groups in total. The lowest BCUT2D eigenvalue weighted by Gasteiger charge is -2.09. The van der Waals surface area contributed by atoms with Gasteiger partial charge in [-0.15, -0.1) is 0 Å². The molecule has 0 saturated heterocycles. The minimum absolute atomic E-state index is 0.360. The normalized spacial score (nSPS) is 16.9. The third-order valence-electron chi connectivity index (χ3n) is 2.97. The molecule has 4 nitrogen and oxygen atoms in total. The Balaban J connectivity index is 2.41. The summed E-state index contributed by atoms with van der Waals surface area (Å²) in [5.41, 5.74) is 1.04. The van der Waals surface area contributed by atoms with Gasteiger partial charge in [0.15, 0.2) is 0 Å². The molecule has 1 aromatic heterocycles. The van der Waals surface area contributed by atoms with E-state index in [0.717, 1.165) is 18.5 Å². The van der Waals surface area contributed by atoms with Crippen LogP contribution in [0, 0.1) is 11.3 Å². The molecule has 0 radical (unpaired) electrons. The molecule has 1 aromatic rings. The van der Waals surface area contributed by atoms with Crippen molar-refractivity contribution in [3.05, 3.63) is 23.5 Å². The van der Waals surface area contributed by atoms with Crippen molar-refractivity contribution in [3.8, 4) is 6.07 Å². The third-order valence-corrected chi connectivity index (χ3v) is 2.97. The van der Waals surface area contributed by atoms with E-state index in [0.29, 0.717) is 5.69 Å². The molecule has 78 valence electrons. The Morgan fingerprint density at radius 2 is 2.27 bits per heavy atom. The van der Waals surface area contributed by atoms with E-state index in [9.17, 15) is 4.79 Å². The van der Waals surface area contributed by atoms with Crippen molar-refractivity contribution >= 4 is 5.97 Å². The molecule has 1 saturated carbocycles. The fourth-order valence-electron chi connectivity index (χ4n) is 1.85. The van der Waals surface area contributed by atoms with Crippen LogP contribution in [-0.2, 0) is 17.2 Å². The number of nitrogens with zero attached hydrogens (tertiary/aromatic N) is 2. The molecule has 1 aliphatic rings. The number of ether oxygens (including phenoxy) is 1. The Labute approximate surface area is 88.1 Å². The maximum atomic E-state index is 11.4. The molecule has 2 rings (SSSR count). The van der Waals surface area contributed by atoms with Gasteiger partial charge in [0, 0.05) is 12.7 Å². The topological polar surface area (TPSA) is 55.0 Å². The van der Waals surface area contributed by atoms with Gasteiger partial charge in [-0.25, -0.2) is 4.79 Å². The van der Waals surface area contributed by atoms with Gasteiger partial charge in [-0.05, 0) is 25.0 Å². The van der Waals surface area contributed by atoms with Crippen molar-refractivity contribution in [1.82, 2.24) is 4.57 Å². The van der Waals surface area contributed by atoms with Gasteiger partial charge in [0.1, 0.15) is 5.69 Å². The molecular weight excluding hydrogens is 192 g/mol. The summed E-state index contributed by atoms with van der Waals surface area (Å²) in [6.45, 7) is 0. The number of carbonyl (C=O) groups excluding carboxylic acids is 1. The molecule has 0 aromatic carbocycles. The van der Waals surface area contributed by atoms with E-state index < -0.39 is 0 Å². The van der Waals surface area contributed by atoms with Gasteiger partial charge in [0.05, 0.1) is 18.6 Å². The van der Waals surface area contributed by atoms with Crippen LogP contribution in [0.15, 0.2) is 12.1 Å². The molecular formula is C11H12N2O2. The van der Waals surface area contributed by atoms with Crippen molar-refractivity contribution in [2.24, 2.45) is 7.05 Å². The van der Waals surface area contributed by atoms with Crippen LogP contribution < -0.4 is 0 Å². The van der Waals surface area contributed by atoms with Crippen LogP contribution in [0.2, 0.25) is 0 Å². The van der Waals surface area contributed by atoms with Gasteiger partial charge >= 0.3 is 5.97 Å². The summed E-state index contributed by atoms with van der Waals surface area (Å²) in [6.07, 6.45) is 1.75. The zero-order valence-electron chi connectivity index (χ0n) is 8.78. The van der Waals surface area contributed by atoms with Crippen LogP contribution in [-0.4, -0.2) is 17.6 Å². The fraction of sp³-hybridized carbons (Fsp3) is 0.455. The van der Waals surface area contributed by atoms with E-state index in [4.69, 9.17) is 5.26 Å². The fourth-order valence-corrected chi connectivity index (χ4v) is 1.85. The predicted molar refractivity (Wildman–Crippen MR) is 53.3 cm³/mol. The maximum absolute atomic E-state index is 11.4. The predicted octanol–water partition coefficient (Wildman–Crippen LogP) is 1.37. The highest BCUT2D eigenvalue weighted by Crippen LogP contribution is 2.47. The monoisotopic (exact) mass is 204 g/mol. The van der Waals surface area contributed by atoms with E-state index in [1.54, 1.807) is 17.7 Å². The summed E-state index contributed by atoms with van der Waals surface area (Å²) in [5, 5.41) is 9.06. The van der Waals surface area contributed by atoms with Crippen LogP contribution >= 0.6 is 0 Å². The molecule has 0 amide bonds. The minimum atomic E-state index is -0.363. The SMILES string of the molecule is COC(=O)c1ccc(C2(C#N)CC2)n1C. The standard InChI is InChI=1S/C11H12N2O2/c1-13-8(10(14)15-2)3-4-9(13)11(7-12)5-6-11/h3-4H,5-6H2,1-2H3. The second-order valence-electron chi connectivity index (χ2n) is 3.85. The number of hydrogen-bond acceptors (Lipinski definition) is 3. The quantitative estimate of drug-likeness (QED) is 0.683. The first-order chi connectivity index (χ1) is 7.14. The highest BCUT2D eigenvalue weighted by atomic mass is 16.5. The van der Waals surface area contributed by atoms with Crippen LogP contribution in [0.4, 0.5) is 0 Å².